The number of carbonyl (C=O) groups is 2. The number of allylic oxidation sites excluding steroid dienone is 3. The number of aliphatic hydroxyl groups is 2. The summed E-state index contributed by atoms with van der Waals surface area (Å²) >= 11 is 0. The Morgan fingerprint density at radius 2 is 1.97 bits per heavy atom. The van der Waals surface area contributed by atoms with Gasteiger partial charge in [0.25, 0.3) is 0 Å². The van der Waals surface area contributed by atoms with Crippen molar-refractivity contribution < 1.29 is 38.7 Å². The van der Waals surface area contributed by atoms with Crippen LogP contribution in [0.4, 0.5) is 0 Å². The van der Waals surface area contributed by atoms with Crippen LogP contribution in [0.1, 0.15) is 80.6 Å². The van der Waals surface area contributed by atoms with Crippen LogP contribution in [-0.2, 0) is 28.5 Å². The number of hydrogen-bond acceptors (Lipinski definition) is 8. The predicted octanol–water partition coefficient (Wildman–Crippen LogP) is 4.68. The fourth-order valence-corrected chi connectivity index (χ4v) is 5.34. The number of ether oxygens (including phenoxy) is 4. The summed E-state index contributed by atoms with van der Waals surface area (Å²) in [6.07, 6.45) is 9.74. The molecule has 222 valence electrons. The van der Waals surface area contributed by atoms with E-state index in [-0.39, 0.29) is 43.5 Å². The van der Waals surface area contributed by atoms with Crippen molar-refractivity contribution in [2.45, 2.75) is 123 Å². The Morgan fingerprint density at radius 3 is 2.59 bits per heavy atom. The Balaban J connectivity index is 2.11. The van der Waals surface area contributed by atoms with Crippen LogP contribution in [-0.4, -0.2) is 71.5 Å². The van der Waals surface area contributed by atoms with Crippen molar-refractivity contribution in [2.75, 3.05) is 7.11 Å². The maximum absolute atomic E-state index is 12.6. The van der Waals surface area contributed by atoms with E-state index in [0.717, 1.165) is 18.4 Å². The van der Waals surface area contributed by atoms with Crippen LogP contribution in [0.2, 0.25) is 0 Å². The number of methoxy groups -OCH3 is 1. The molecule has 2 N–H and O–H groups in total. The molecule has 8 heteroatoms. The third kappa shape index (κ3) is 10.5. The molecule has 1 fully saturated rings. The van der Waals surface area contributed by atoms with Gasteiger partial charge in [0.05, 0.1) is 30.8 Å². The molecule has 2 rings (SSSR count). The first kappa shape index (κ1) is 33.2. The van der Waals surface area contributed by atoms with Crippen LogP contribution in [0, 0.1) is 17.8 Å². The molecule has 0 aliphatic carbocycles. The molecule has 10 unspecified atom stereocenters. The van der Waals surface area contributed by atoms with Gasteiger partial charge >= 0.3 is 11.9 Å². The topological polar surface area (TPSA) is 115 Å². The zero-order chi connectivity index (χ0) is 29.3. The minimum Gasteiger partial charge on any atom is -0.457 e. The van der Waals surface area contributed by atoms with Gasteiger partial charge in [0.1, 0.15) is 17.8 Å². The van der Waals surface area contributed by atoms with E-state index in [1.54, 1.807) is 26.2 Å². The van der Waals surface area contributed by atoms with Crippen LogP contribution in [0.15, 0.2) is 36.0 Å². The van der Waals surface area contributed by atoms with E-state index in [1.165, 1.54) is 6.92 Å². The summed E-state index contributed by atoms with van der Waals surface area (Å²) in [4.78, 5) is 24.3. The van der Waals surface area contributed by atoms with Crippen LogP contribution >= 0.6 is 0 Å². The maximum Gasteiger partial charge on any atom is 0.309 e. The number of hydrogen-bond donors (Lipinski definition) is 2. The van der Waals surface area contributed by atoms with Crippen molar-refractivity contribution >= 4 is 11.9 Å². The molecule has 0 amide bonds. The highest BCUT2D eigenvalue weighted by atomic mass is 16.6. The van der Waals surface area contributed by atoms with Gasteiger partial charge in [-0.15, -0.1) is 0 Å². The molecule has 2 aliphatic rings. The zero-order valence-corrected chi connectivity index (χ0v) is 25.0. The molecule has 10 atom stereocenters. The van der Waals surface area contributed by atoms with Gasteiger partial charge < -0.3 is 29.2 Å². The molecule has 0 aromatic carbocycles. The average molecular weight is 551 g/mol. The second-order valence-electron chi connectivity index (χ2n) is 11.6. The Kier molecular flexibility index (Phi) is 12.9. The van der Waals surface area contributed by atoms with E-state index in [2.05, 4.69) is 26.8 Å². The summed E-state index contributed by atoms with van der Waals surface area (Å²) in [6, 6.07) is 0. The normalized spacial score (nSPS) is 34.9. The first-order valence-electron chi connectivity index (χ1n) is 14.3. The van der Waals surface area contributed by atoms with E-state index < -0.39 is 35.9 Å². The Labute approximate surface area is 234 Å². The van der Waals surface area contributed by atoms with Crippen molar-refractivity contribution in [3.63, 3.8) is 0 Å². The van der Waals surface area contributed by atoms with Crippen molar-refractivity contribution in [3.05, 3.63) is 36.0 Å². The lowest BCUT2D eigenvalue weighted by Crippen LogP contribution is -2.42. The molecule has 2 aliphatic heterocycles. The van der Waals surface area contributed by atoms with Crippen molar-refractivity contribution in [1.82, 2.24) is 0 Å². The molecule has 1 saturated heterocycles. The Morgan fingerprint density at radius 1 is 1.28 bits per heavy atom. The first-order valence-corrected chi connectivity index (χ1v) is 14.3. The van der Waals surface area contributed by atoms with Gasteiger partial charge in [-0.1, -0.05) is 52.0 Å². The highest BCUT2D eigenvalue weighted by molar-refractivity contribution is 5.70. The van der Waals surface area contributed by atoms with E-state index in [4.69, 9.17) is 18.9 Å². The quantitative estimate of drug-likeness (QED) is 0.174. The number of esters is 2. The highest BCUT2D eigenvalue weighted by Gasteiger charge is 2.45. The van der Waals surface area contributed by atoms with Crippen LogP contribution in [0.3, 0.4) is 0 Å². The highest BCUT2D eigenvalue weighted by Crippen LogP contribution is 2.37. The number of rotatable bonds is 10. The lowest BCUT2D eigenvalue weighted by atomic mass is 9.88. The molecule has 8 nitrogen and oxygen atoms in total. The Hall–Kier alpha value is -2.00. The number of carbonyl (C=O) groups excluding carboxylic acids is 2. The fraction of sp³-hybridized carbons (Fsp3) is 0.742. The second-order valence-corrected chi connectivity index (χ2v) is 11.6. The predicted molar refractivity (Wildman–Crippen MR) is 150 cm³/mol. The number of aliphatic hydroxyl groups excluding tert-OH is 1. The summed E-state index contributed by atoms with van der Waals surface area (Å²) < 4.78 is 22.7. The number of cyclic esters (lactones) is 1. The van der Waals surface area contributed by atoms with E-state index in [1.807, 2.05) is 26.0 Å². The van der Waals surface area contributed by atoms with Gasteiger partial charge in [-0.2, -0.15) is 0 Å². The van der Waals surface area contributed by atoms with Crippen LogP contribution in [0.25, 0.3) is 0 Å². The third-order valence-electron chi connectivity index (χ3n) is 7.90. The minimum absolute atomic E-state index is 0.153. The summed E-state index contributed by atoms with van der Waals surface area (Å²) in [7, 11) is 1.75. The molecule has 39 heavy (non-hydrogen) atoms. The largest absolute Gasteiger partial charge is 0.457 e. The molecule has 0 spiro atoms. The Bertz CT molecular complexity index is 887. The van der Waals surface area contributed by atoms with E-state index in [0.29, 0.717) is 11.8 Å². The smallest absolute Gasteiger partial charge is 0.309 e. The summed E-state index contributed by atoms with van der Waals surface area (Å²) in [5.41, 5.74) is -0.555. The monoisotopic (exact) mass is 550 g/mol. The van der Waals surface area contributed by atoms with Crippen molar-refractivity contribution in [1.29, 1.82) is 0 Å². The fourth-order valence-electron chi connectivity index (χ4n) is 5.34. The summed E-state index contributed by atoms with van der Waals surface area (Å²) in [5.74, 6) is -0.615. The summed E-state index contributed by atoms with van der Waals surface area (Å²) in [6.45, 7) is 13.1. The molecule has 2 heterocycles. The van der Waals surface area contributed by atoms with Crippen molar-refractivity contribution in [2.24, 2.45) is 17.8 Å². The number of epoxide rings is 1. The van der Waals surface area contributed by atoms with Crippen molar-refractivity contribution in [3.8, 4) is 0 Å². The van der Waals surface area contributed by atoms with Gasteiger partial charge in [0, 0.05) is 25.9 Å². The SMILES string of the molecule is CCC(OC)C(C)C1OC1CC(C)C=CC=C(C)C1OC(=O)CC(O)CCC(C)(O)C(OC(C)=O)C=CC1C. The van der Waals surface area contributed by atoms with E-state index in [9.17, 15) is 19.8 Å². The first-order chi connectivity index (χ1) is 18.3. The molecular formula is C31H50O8. The van der Waals surface area contributed by atoms with Gasteiger partial charge in [0.15, 0.2) is 0 Å². The standard InChI is InChI=1S/C31H50O8/c1-9-25(36-8)22(5)30-26(38-30)17-19(2)11-10-12-20(3)29-21(4)13-14-27(37-23(6)32)31(7,35)16-15-24(33)18-28(34)39-29/h10-14,19,21-22,24-27,29-30,33,35H,9,15-18H2,1-8H3. The second kappa shape index (κ2) is 15.1. The summed E-state index contributed by atoms with van der Waals surface area (Å²) in [5, 5.41) is 21.3. The van der Waals surface area contributed by atoms with Gasteiger partial charge in [-0.05, 0) is 57.1 Å². The third-order valence-corrected chi connectivity index (χ3v) is 7.90. The molecular weight excluding hydrogens is 500 g/mol. The van der Waals surface area contributed by atoms with Gasteiger partial charge in [-0.25, -0.2) is 0 Å². The maximum atomic E-state index is 12.6. The average Bonchev–Trinajstić information content (AvgIpc) is 3.62. The molecule has 0 saturated carbocycles. The van der Waals surface area contributed by atoms with Crippen LogP contribution in [0.5, 0.6) is 0 Å². The molecule has 0 bridgehead atoms. The lowest BCUT2D eigenvalue weighted by molar-refractivity contribution is -0.157. The van der Waals surface area contributed by atoms with Gasteiger partial charge in [-0.3, -0.25) is 9.59 Å². The van der Waals surface area contributed by atoms with E-state index >= 15 is 0 Å². The van der Waals surface area contributed by atoms with Crippen LogP contribution < -0.4 is 0 Å². The van der Waals surface area contributed by atoms with Gasteiger partial charge in [0.2, 0.25) is 0 Å². The minimum atomic E-state index is -1.39. The molecule has 0 radical (unpaired) electrons. The lowest BCUT2D eigenvalue weighted by Gasteiger charge is -2.32. The molecule has 0 aromatic rings. The molecule has 0 aromatic heterocycles. The zero-order valence-electron chi connectivity index (χ0n) is 25.0.